The van der Waals surface area contributed by atoms with Gasteiger partial charge in [0.1, 0.15) is 4.90 Å². The van der Waals surface area contributed by atoms with Crippen molar-refractivity contribution < 1.29 is 8.42 Å². The molecule has 4 rings (SSSR count). The van der Waals surface area contributed by atoms with Crippen LogP contribution in [0.15, 0.2) is 61.1 Å². The highest BCUT2D eigenvalue weighted by molar-refractivity contribution is 9.11. The summed E-state index contributed by atoms with van der Waals surface area (Å²) in [7, 11) is -3.59. The highest BCUT2D eigenvalue weighted by Crippen LogP contribution is 2.36. The van der Waals surface area contributed by atoms with E-state index in [1.165, 1.54) is 6.07 Å². The number of benzene rings is 2. The summed E-state index contributed by atoms with van der Waals surface area (Å²) in [5.41, 5.74) is 2.28. The molecule has 1 aliphatic heterocycles. The third-order valence-corrected chi connectivity index (χ3v) is 7.01. The number of fused-ring (bicyclic) bond motifs is 2. The van der Waals surface area contributed by atoms with E-state index in [9.17, 15) is 13.2 Å². The molecule has 1 aliphatic rings. The van der Waals surface area contributed by atoms with Gasteiger partial charge in [0.15, 0.2) is 0 Å². The first-order valence-electron chi connectivity index (χ1n) is 8.22. The number of hydrogen-bond acceptors (Lipinski definition) is 4. The van der Waals surface area contributed by atoms with Gasteiger partial charge in [-0.15, -0.1) is 0 Å². The zero-order valence-corrected chi connectivity index (χ0v) is 17.9. The summed E-state index contributed by atoms with van der Waals surface area (Å²) in [6.45, 7) is 0. The molecule has 3 aromatic rings. The van der Waals surface area contributed by atoms with Crippen LogP contribution in [0.3, 0.4) is 0 Å². The quantitative estimate of drug-likeness (QED) is 0.498. The molecule has 6 nitrogen and oxygen atoms in total. The molecule has 0 saturated carbocycles. The Morgan fingerprint density at radius 3 is 2.67 bits per heavy atom. The van der Waals surface area contributed by atoms with Crippen LogP contribution in [0.4, 0.5) is 5.69 Å². The maximum Gasteiger partial charge on any atom is 0.248 e. The predicted molar refractivity (Wildman–Crippen MR) is 112 cm³/mol. The third-order valence-electron chi connectivity index (χ3n) is 4.43. The summed E-state index contributed by atoms with van der Waals surface area (Å²) in [4.78, 5) is 14.4. The highest BCUT2D eigenvalue weighted by atomic mass is 79.9. The number of sulfonamides is 1. The van der Waals surface area contributed by atoms with Gasteiger partial charge >= 0.3 is 0 Å². The number of aryl methyl sites for hydroxylation is 1. The number of aromatic amines is 1. The maximum absolute atomic E-state index is 12.6. The molecule has 1 atom stereocenters. The number of aromatic nitrogens is 1. The summed E-state index contributed by atoms with van der Waals surface area (Å²) in [6, 6.07) is 12.5. The van der Waals surface area contributed by atoms with Crippen molar-refractivity contribution in [2.75, 3.05) is 5.32 Å². The summed E-state index contributed by atoms with van der Waals surface area (Å²) >= 11 is 6.75. The lowest BCUT2D eigenvalue weighted by molar-refractivity contribution is 0.542. The van der Waals surface area contributed by atoms with E-state index in [1.54, 1.807) is 12.1 Å². The van der Waals surface area contributed by atoms with Crippen molar-refractivity contribution in [2.45, 2.75) is 23.9 Å². The van der Waals surface area contributed by atoms with Crippen LogP contribution < -0.4 is 15.6 Å². The number of pyridine rings is 1. The lowest BCUT2D eigenvalue weighted by Crippen LogP contribution is -2.45. The van der Waals surface area contributed by atoms with Crippen molar-refractivity contribution >= 4 is 58.5 Å². The molecule has 0 amide bonds. The Morgan fingerprint density at radius 1 is 1.04 bits per heavy atom. The monoisotopic (exact) mass is 511 g/mol. The standard InChI is InChI=1S/C18H15Br2N3O3S/c19-12-8-13(20)18-15(9-12)27(25,26)23-16(22-18)5-2-10-1-4-14-11(7-10)3-6-17(24)21-14/h1,3-4,6-9,16,22-23H,2,5H2,(H,21,24). The molecule has 0 fully saturated rings. The molecule has 1 aromatic heterocycles. The van der Waals surface area contributed by atoms with Crippen molar-refractivity contribution in [3.8, 4) is 0 Å². The molecular formula is C18H15Br2N3O3S. The van der Waals surface area contributed by atoms with Gasteiger partial charge in [0.2, 0.25) is 15.6 Å². The van der Waals surface area contributed by atoms with E-state index in [0.29, 0.717) is 27.5 Å². The van der Waals surface area contributed by atoms with Crippen molar-refractivity contribution in [1.82, 2.24) is 9.71 Å². The second kappa shape index (κ2) is 7.05. The third kappa shape index (κ3) is 3.82. The normalized spacial score (nSPS) is 18.1. The van der Waals surface area contributed by atoms with E-state index in [4.69, 9.17) is 0 Å². The van der Waals surface area contributed by atoms with E-state index in [0.717, 1.165) is 16.5 Å². The molecule has 3 N–H and O–H groups in total. The van der Waals surface area contributed by atoms with E-state index in [2.05, 4.69) is 46.9 Å². The Kier molecular flexibility index (Phi) is 4.87. The van der Waals surface area contributed by atoms with Crippen LogP contribution in [-0.2, 0) is 16.4 Å². The van der Waals surface area contributed by atoms with Crippen LogP contribution >= 0.6 is 31.9 Å². The zero-order valence-electron chi connectivity index (χ0n) is 13.9. The molecule has 0 saturated heterocycles. The second-order valence-electron chi connectivity index (χ2n) is 6.36. The fraction of sp³-hybridized carbons (Fsp3) is 0.167. The van der Waals surface area contributed by atoms with Crippen LogP contribution in [0.2, 0.25) is 0 Å². The van der Waals surface area contributed by atoms with Crippen molar-refractivity contribution in [1.29, 1.82) is 0 Å². The highest BCUT2D eigenvalue weighted by Gasteiger charge is 2.30. The van der Waals surface area contributed by atoms with Gasteiger partial charge in [0.25, 0.3) is 0 Å². The largest absolute Gasteiger partial charge is 0.367 e. The van der Waals surface area contributed by atoms with Gasteiger partial charge in [0, 0.05) is 20.5 Å². The van der Waals surface area contributed by atoms with Gasteiger partial charge in [-0.05, 0) is 70.1 Å². The Bertz CT molecular complexity index is 1210. The SMILES string of the molecule is O=c1ccc2cc(CCC3Nc4c(Br)cc(Br)cc4S(=O)(=O)N3)ccc2[nH]1. The first kappa shape index (κ1) is 18.7. The maximum atomic E-state index is 12.6. The fourth-order valence-corrected chi connectivity index (χ4v) is 6.18. The first-order valence-corrected chi connectivity index (χ1v) is 11.3. The van der Waals surface area contributed by atoms with Crippen molar-refractivity contribution in [2.24, 2.45) is 0 Å². The Hall–Kier alpha value is -1.68. The van der Waals surface area contributed by atoms with Crippen LogP contribution in [0.1, 0.15) is 12.0 Å². The molecular weight excluding hydrogens is 498 g/mol. The smallest absolute Gasteiger partial charge is 0.248 e. The number of rotatable bonds is 3. The summed E-state index contributed by atoms with van der Waals surface area (Å²) in [5.74, 6) is 0. The lowest BCUT2D eigenvalue weighted by Gasteiger charge is -2.29. The minimum atomic E-state index is -3.59. The molecule has 0 radical (unpaired) electrons. The molecule has 1 unspecified atom stereocenters. The van der Waals surface area contributed by atoms with Crippen LogP contribution in [-0.4, -0.2) is 19.6 Å². The Morgan fingerprint density at radius 2 is 1.85 bits per heavy atom. The van der Waals surface area contributed by atoms with E-state index < -0.39 is 16.2 Å². The minimum Gasteiger partial charge on any atom is -0.367 e. The summed E-state index contributed by atoms with van der Waals surface area (Å²) in [5, 5.41) is 4.20. The summed E-state index contributed by atoms with van der Waals surface area (Å²) in [6.07, 6.45) is 0.848. The molecule has 9 heteroatoms. The van der Waals surface area contributed by atoms with Gasteiger partial charge in [-0.2, -0.15) is 4.72 Å². The Balaban J connectivity index is 1.55. The zero-order chi connectivity index (χ0) is 19.2. The number of nitrogens with one attached hydrogen (secondary N) is 3. The van der Waals surface area contributed by atoms with Gasteiger partial charge < -0.3 is 10.3 Å². The summed E-state index contributed by atoms with van der Waals surface area (Å²) < 4.78 is 29.2. The Labute approximate surface area is 172 Å². The van der Waals surface area contributed by atoms with E-state index >= 15 is 0 Å². The van der Waals surface area contributed by atoms with Gasteiger partial charge in [0.05, 0.1) is 11.9 Å². The molecule has 140 valence electrons. The topological polar surface area (TPSA) is 91.1 Å². The average Bonchev–Trinajstić information content (AvgIpc) is 2.60. The van der Waals surface area contributed by atoms with Crippen LogP contribution in [0.5, 0.6) is 0 Å². The predicted octanol–water partition coefficient (Wildman–Crippen LogP) is 3.72. The molecule has 27 heavy (non-hydrogen) atoms. The first-order chi connectivity index (χ1) is 12.8. The van der Waals surface area contributed by atoms with E-state index in [-0.39, 0.29) is 10.5 Å². The molecule has 0 spiro atoms. The van der Waals surface area contributed by atoms with Gasteiger partial charge in [-0.3, -0.25) is 4.79 Å². The van der Waals surface area contributed by atoms with Gasteiger partial charge in [-0.25, -0.2) is 8.42 Å². The van der Waals surface area contributed by atoms with Crippen LogP contribution in [0.25, 0.3) is 10.9 Å². The van der Waals surface area contributed by atoms with Crippen molar-refractivity contribution in [3.05, 3.63) is 67.3 Å². The molecule has 2 aromatic carbocycles. The number of anilines is 1. The minimum absolute atomic E-state index is 0.132. The second-order valence-corrected chi connectivity index (χ2v) is 9.81. The molecule has 0 bridgehead atoms. The number of hydrogen-bond donors (Lipinski definition) is 3. The van der Waals surface area contributed by atoms with Crippen molar-refractivity contribution in [3.63, 3.8) is 0 Å². The van der Waals surface area contributed by atoms with E-state index in [1.807, 2.05) is 24.3 Å². The molecule has 2 heterocycles. The number of H-pyrrole nitrogens is 1. The number of halogens is 2. The average molecular weight is 513 g/mol. The van der Waals surface area contributed by atoms with Crippen LogP contribution in [0, 0.1) is 0 Å². The fourth-order valence-electron chi connectivity index (χ4n) is 3.16. The lowest BCUT2D eigenvalue weighted by atomic mass is 10.1. The molecule has 0 aliphatic carbocycles. The van der Waals surface area contributed by atoms with Gasteiger partial charge in [-0.1, -0.05) is 22.0 Å².